The summed E-state index contributed by atoms with van der Waals surface area (Å²) in [6.45, 7) is 1.20. The standard InChI is InChI=1S/C27H23F2N3O/c28-21-9-6-19(7-10-21)8-13-26(33)31-16-14-23(15-17-31)32-25-18-22(29)11-12-24(25)30-27(32)20-4-2-1-3-5-20/h1-13,18,23H,14-17H2. The van der Waals surface area contributed by atoms with Crippen molar-refractivity contribution >= 4 is 23.0 Å². The molecule has 0 N–H and O–H groups in total. The summed E-state index contributed by atoms with van der Waals surface area (Å²) in [6.07, 6.45) is 4.73. The maximum atomic E-state index is 14.1. The first-order valence-electron chi connectivity index (χ1n) is 11.0. The molecule has 4 nitrogen and oxygen atoms in total. The van der Waals surface area contributed by atoms with Gasteiger partial charge in [-0.3, -0.25) is 4.79 Å². The predicted octanol–water partition coefficient (Wildman–Crippen LogP) is 5.86. The molecule has 1 aliphatic heterocycles. The van der Waals surface area contributed by atoms with Gasteiger partial charge in [0.25, 0.3) is 0 Å². The number of carbonyl (C=O) groups is 1. The van der Waals surface area contributed by atoms with Gasteiger partial charge in [0, 0.05) is 30.8 Å². The highest BCUT2D eigenvalue weighted by Gasteiger charge is 2.26. The Morgan fingerprint density at radius 2 is 1.61 bits per heavy atom. The van der Waals surface area contributed by atoms with Gasteiger partial charge >= 0.3 is 0 Å². The zero-order valence-corrected chi connectivity index (χ0v) is 18.0. The summed E-state index contributed by atoms with van der Waals surface area (Å²) < 4.78 is 29.3. The van der Waals surface area contributed by atoms with E-state index in [4.69, 9.17) is 4.98 Å². The average Bonchev–Trinajstić information content (AvgIpc) is 3.23. The molecular weight excluding hydrogens is 420 g/mol. The van der Waals surface area contributed by atoms with E-state index in [2.05, 4.69) is 4.57 Å². The maximum absolute atomic E-state index is 14.1. The largest absolute Gasteiger partial charge is 0.339 e. The number of amides is 1. The fraction of sp³-hybridized carbons (Fsp3) is 0.185. The van der Waals surface area contributed by atoms with Crippen molar-refractivity contribution in [3.05, 3.63) is 96.1 Å². The summed E-state index contributed by atoms with van der Waals surface area (Å²) in [4.78, 5) is 19.3. The van der Waals surface area contributed by atoms with Crippen molar-refractivity contribution in [3.8, 4) is 11.4 Å². The number of halogens is 2. The van der Waals surface area contributed by atoms with Gasteiger partial charge in [0.2, 0.25) is 5.91 Å². The summed E-state index contributed by atoms with van der Waals surface area (Å²) in [6, 6.07) is 20.7. The molecule has 1 aromatic heterocycles. The Bertz CT molecular complexity index is 1300. The number of aromatic nitrogens is 2. The number of rotatable bonds is 4. The SMILES string of the molecule is O=C(C=Cc1ccc(F)cc1)N1CCC(n2c(-c3ccccc3)nc3ccc(F)cc32)CC1. The maximum Gasteiger partial charge on any atom is 0.246 e. The summed E-state index contributed by atoms with van der Waals surface area (Å²) in [5.74, 6) is 0.156. The van der Waals surface area contributed by atoms with Crippen LogP contribution in [0.15, 0.2) is 78.9 Å². The summed E-state index contributed by atoms with van der Waals surface area (Å²) >= 11 is 0. The number of hydrogen-bond acceptors (Lipinski definition) is 2. The van der Waals surface area contributed by atoms with Gasteiger partial charge in [-0.1, -0.05) is 42.5 Å². The number of hydrogen-bond donors (Lipinski definition) is 0. The van der Waals surface area contributed by atoms with Gasteiger partial charge in [-0.15, -0.1) is 0 Å². The third-order valence-electron chi connectivity index (χ3n) is 6.11. The van der Waals surface area contributed by atoms with Crippen molar-refractivity contribution in [1.29, 1.82) is 0 Å². The quantitative estimate of drug-likeness (QED) is 0.371. The third-order valence-corrected chi connectivity index (χ3v) is 6.11. The summed E-state index contributed by atoms with van der Waals surface area (Å²) in [7, 11) is 0. The van der Waals surface area contributed by atoms with Gasteiger partial charge in [0.15, 0.2) is 0 Å². The van der Waals surface area contributed by atoms with Gasteiger partial charge in [0.1, 0.15) is 17.5 Å². The van der Waals surface area contributed by atoms with Crippen LogP contribution in [-0.2, 0) is 4.79 Å². The fourth-order valence-corrected chi connectivity index (χ4v) is 4.42. The van der Waals surface area contributed by atoms with Crippen LogP contribution in [-0.4, -0.2) is 33.4 Å². The van der Waals surface area contributed by atoms with Crippen LogP contribution in [0.2, 0.25) is 0 Å². The summed E-state index contributed by atoms with van der Waals surface area (Å²) in [5.41, 5.74) is 3.29. The van der Waals surface area contributed by atoms with Crippen LogP contribution in [0.5, 0.6) is 0 Å². The topological polar surface area (TPSA) is 38.1 Å². The van der Waals surface area contributed by atoms with Crippen molar-refractivity contribution in [3.63, 3.8) is 0 Å². The lowest BCUT2D eigenvalue weighted by atomic mass is 10.0. The first-order valence-corrected chi connectivity index (χ1v) is 11.0. The molecule has 1 aliphatic rings. The number of carbonyl (C=O) groups excluding carboxylic acids is 1. The molecule has 0 bridgehead atoms. The Morgan fingerprint density at radius 3 is 2.33 bits per heavy atom. The fourth-order valence-electron chi connectivity index (χ4n) is 4.42. The molecule has 4 aromatic rings. The van der Waals surface area contributed by atoms with E-state index in [-0.39, 0.29) is 23.6 Å². The van der Waals surface area contributed by atoms with E-state index in [1.165, 1.54) is 30.3 Å². The highest BCUT2D eigenvalue weighted by molar-refractivity contribution is 5.91. The monoisotopic (exact) mass is 443 g/mol. The van der Waals surface area contributed by atoms with Gasteiger partial charge in [0.05, 0.1) is 11.0 Å². The van der Waals surface area contributed by atoms with Crippen molar-refractivity contribution in [2.75, 3.05) is 13.1 Å². The first kappa shape index (κ1) is 21.1. The molecule has 0 unspecified atom stereocenters. The highest BCUT2D eigenvalue weighted by atomic mass is 19.1. The van der Waals surface area contributed by atoms with Gasteiger partial charge in [-0.25, -0.2) is 13.8 Å². The van der Waals surface area contributed by atoms with Crippen LogP contribution in [0.25, 0.3) is 28.5 Å². The van der Waals surface area contributed by atoms with Gasteiger partial charge in [-0.2, -0.15) is 0 Å². The van der Waals surface area contributed by atoms with E-state index in [1.54, 1.807) is 24.3 Å². The number of imidazole rings is 1. The van der Waals surface area contributed by atoms with Crippen LogP contribution in [0.1, 0.15) is 24.4 Å². The third kappa shape index (κ3) is 4.42. The Labute approximate surface area is 190 Å². The Morgan fingerprint density at radius 1 is 0.909 bits per heavy atom. The minimum Gasteiger partial charge on any atom is -0.339 e. The molecule has 5 rings (SSSR count). The lowest BCUT2D eigenvalue weighted by Gasteiger charge is -2.33. The van der Waals surface area contributed by atoms with Crippen molar-refractivity contribution in [2.45, 2.75) is 18.9 Å². The number of benzene rings is 3. The van der Waals surface area contributed by atoms with E-state index in [0.29, 0.717) is 13.1 Å². The van der Waals surface area contributed by atoms with Gasteiger partial charge < -0.3 is 9.47 Å². The predicted molar refractivity (Wildman–Crippen MR) is 125 cm³/mol. The Hall–Kier alpha value is -3.80. The molecule has 0 atom stereocenters. The molecular formula is C27H23F2N3O. The molecule has 0 spiro atoms. The first-order chi connectivity index (χ1) is 16.1. The molecule has 166 valence electrons. The van der Waals surface area contributed by atoms with Crippen LogP contribution in [0.4, 0.5) is 8.78 Å². The second kappa shape index (κ2) is 8.98. The summed E-state index contributed by atoms with van der Waals surface area (Å²) in [5, 5.41) is 0. The lowest BCUT2D eigenvalue weighted by Crippen LogP contribution is -2.38. The molecule has 0 saturated carbocycles. The minimum atomic E-state index is -0.303. The number of piperidine rings is 1. The number of fused-ring (bicyclic) bond motifs is 1. The van der Waals surface area contributed by atoms with Crippen LogP contribution in [0, 0.1) is 11.6 Å². The van der Waals surface area contributed by atoms with Crippen molar-refractivity contribution in [2.24, 2.45) is 0 Å². The number of likely N-dealkylation sites (tertiary alicyclic amines) is 1. The smallest absolute Gasteiger partial charge is 0.246 e. The second-order valence-corrected chi connectivity index (χ2v) is 8.25. The van der Waals surface area contributed by atoms with E-state index >= 15 is 0 Å². The molecule has 33 heavy (non-hydrogen) atoms. The Balaban J connectivity index is 1.36. The highest BCUT2D eigenvalue weighted by Crippen LogP contribution is 2.33. The molecule has 1 fully saturated rings. The van der Waals surface area contributed by atoms with Crippen LogP contribution >= 0.6 is 0 Å². The lowest BCUT2D eigenvalue weighted by molar-refractivity contribution is -0.127. The molecule has 2 heterocycles. The molecule has 1 amide bonds. The van der Waals surface area contributed by atoms with E-state index in [0.717, 1.165) is 40.8 Å². The number of nitrogens with zero attached hydrogens (tertiary/aromatic N) is 3. The second-order valence-electron chi connectivity index (χ2n) is 8.25. The van der Waals surface area contributed by atoms with E-state index in [1.807, 2.05) is 35.2 Å². The molecule has 0 aliphatic carbocycles. The molecule has 0 radical (unpaired) electrons. The van der Waals surface area contributed by atoms with Crippen LogP contribution in [0.3, 0.4) is 0 Å². The van der Waals surface area contributed by atoms with E-state index in [9.17, 15) is 13.6 Å². The minimum absolute atomic E-state index is 0.0670. The van der Waals surface area contributed by atoms with Crippen LogP contribution < -0.4 is 0 Å². The average molecular weight is 443 g/mol. The normalized spacial score (nSPS) is 14.9. The van der Waals surface area contributed by atoms with Crippen molar-refractivity contribution < 1.29 is 13.6 Å². The van der Waals surface area contributed by atoms with Crippen molar-refractivity contribution in [1.82, 2.24) is 14.5 Å². The zero-order valence-electron chi connectivity index (χ0n) is 18.0. The molecule has 3 aromatic carbocycles. The van der Waals surface area contributed by atoms with E-state index < -0.39 is 0 Å². The Kier molecular flexibility index (Phi) is 5.73. The van der Waals surface area contributed by atoms with Gasteiger partial charge in [-0.05, 0) is 54.8 Å². The molecule has 6 heteroatoms. The molecule has 1 saturated heterocycles. The zero-order chi connectivity index (χ0) is 22.8.